The zero-order chi connectivity index (χ0) is 31.0. The summed E-state index contributed by atoms with van der Waals surface area (Å²) in [5.41, 5.74) is 0. The number of nitrogens with zero attached hydrogens (tertiary/aromatic N) is 1. The molecule has 9 heteroatoms. The minimum atomic E-state index is -1.82. The summed E-state index contributed by atoms with van der Waals surface area (Å²) in [7, 11) is 0. The molecule has 1 aliphatic heterocycles. The Kier molecular flexibility index (Phi) is 23.8. The Hall–Kier alpha value is -0.810. The van der Waals surface area contributed by atoms with Gasteiger partial charge < -0.3 is 39.5 Å². The van der Waals surface area contributed by atoms with Crippen LogP contribution in [0.15, 0.2) is 0 Å². The van der Waals surface area contributed by atoms with Gasteiger partial charge in [-0.25, -0.2) is 0 Å². The smallest absolute Gasteiger partial charge is 0.220 e. The SMILES string of the molecule is CCCCCCCCCCCOCC(COCCCCCCCCCCC)N(C(C)=O)[C@@H]1[C@@H](O)[C@H](O)[C@@H](CO)O[C@H]1[O-]. The highest BCUT2D eigenvalue weighted by molar-refractivity contribution is 5.74. The van der Waals surface area contributed by atoms with Gasteiger partial charge in [-0.1, -0.05) is 117 Å². The third-order valence-corrected chi connectivity index (χ3v) is 8.33. The van der Waals surface area contributed by atoms with Gasteiger partial charge in [-0.15, -0.1) is 0 Å². The summed E-state index contributed by atoms with van der Waals surface area (Å²) >= 11 is 0. The van der Waals surface area contributed by atoms with E-state index in [9.17, 15) is 25.2 Å². The molecule has 0 aliphatic carbocycles. The number of rotatable bonds is 27. The molecule has 1 saturated heterocycles. The molecular formula is C33H64NO8-. The van der Waals surface area contributed by atoms with Gasteiger partial charge in [0.15, 0.2) is 0 Å². The largest absolute Gasteiger partial charge is 0.829 e. The quantitative estimate of drug-likeness (QED) is 0.117. The van der Waals surface area contributed by atoms with E-state index < -0.39 is 49.2 Å². The summed E-state index contributed by atoms with van der Waals surface area (Å²) in [6, 6.07) is -1.94. The first-order valence-corrected chi connectivity index (χ1v) is 17.1. The van der Waals surface area contributed by atoms with E-state index in [0.29, 0.717) is 13.2 Å². The Bertz CT molecular complexity index is 613. The zero-order valence-electron chi connectivity index (χ0n) is 27.1. The molecule has 0 unspecified atom stereocenters. The number of unbranched alkanes of at least 4 members (excludes halogenated alkanes) is 16. The van der Waals surface area contributed by atoms with Crippen LogP contribution in [-0.4, -0.2) is 95.8 Å². The monoisotopic (exact) mass is 602 g/mol. The molecule has 42 heavy (non-hydrogen) atoms. The number of carbonyl (C=O) groups is 1. The predicted octanol–water partition coefficient (Wildman–Crippen LogP) is 4.47. The fourth-order valence-electron chi connectivity index (χ4n) is 5.75. The Morgan fingerprint density at radius 3 is 1.52 bits per heavy atom. The number of hydrogen-bond donors (Lipinski definition) is 3. The fraction of sp³-hybridized carbons (Fsp3) is 0.970. The average molecular weight is 603 g/mol. The highest BCUT2D eigenvalue weighted by atomic mass is 16.6. The third kappa shape index (κ3) is 16.3. The molecule has 0 radical (unpaired) electrons. The average Bonchev–Trinajstić information content (AvgIpc) is 2.97. The van der Waals surface area contributed by atoms with Gasteiger partial charge in [-0.05, 0) is 12.8 Å². The van der Waals surface area contributed by atoms with Crippen molar-refractivity contribution < 1.29 is 39.4 Å². The molecule has 1 rings (SSSR count). The second-order valence-corrected chi connectivity index (χ2v) is 12.1. The lowest BCUT2D eigenvalue weighted by Gasteiger charge is -2.51. The van der Waals surface area contributed by atoms with E-state index in [1.165, 1.54) is 102 Å². The molecule has 3 N–H and O–H groups in total. The first-order valence-electron chi connectivity index (χ1n) is 17.1. The molecule has 1 aliphatic rings. The molecular weight excluding hydrogens is 538 g/mol. The molecule has 1 amide bonds. The summed E-state index contributed by atoms with van der Waals surface area (Å²) in [6.07, 6.45) is 15.7. The first-order chi connectivity index (χ1) is 20.4. The maximum atomic E-state index is 12.9. The van der Waals surface area contributed by atoms with Crippen LogP contribution in [0.4, 0.5) is 0 Å². The lowest BCUT2D eigenvalue weighted by Crippen LogP contribution is -2.70. The Balaban J connectivity index is 2.59. The van der Waals surface area contributed by atoms with Gasteiger partial charge in [-0.2, -0.15) is 0 Å². The van der Waals surface area contributed by atoms with Crippen molar-refractivity contribution in [2.45, 2.75) is 173 Å². The predicted molar refractivity (Wildman–Crippen MR) is 164 cm³/mol. The standard InChI is InChI=1S/C33H64NO8/c1-4-6-8-10-12-14-16-18-20-22-40-25-28(26-41-23-21-19-17-15-13-11-9-7-5-2)34(27(3)36)30-32(38)31(37)29(24-35)42-33(30)39/h28-33,35,37-38H,4-26H2,1-3H3/q-1/t29-,30-,31-,32-,33-/m1/s1. The summed E-state index contributed by atoms with van der Waals surface area (Å²) in [4.78, 5) is 14.1. The normalized spacial score (nSPS) is 22.6. The van der Waals surface area contributed by atoms with Gasteiger partial charge in [0.25, 0.3) is 0 Å². The summed E-state index contributed by atoms with van der Waals surface area (Å²) in [5.74, 6) is -0.429. The van der Waals surface area contributed by atoms with Crippen LogP contribution in [-0.2, 0) is 19.0 Å². The van der Waals surface area contributed by atoms with Crippen molar-refractivity contribution in [1.82, 2.24) is 4.90 Å². The molecule has 250 valence electrons. The van der Waals surface area contributed by atoms with Gasteiger partial charge in [0.05, 0.1) is 31.9 Å². The number of amides is 1. The van der Waals surface area contributed by atoms with Crippen LogP contribution in [0.2, 0.25) is 0 Å². The number of hydrogen-bond acceptors (Lipinski definition) is 8. The van der Waals surface area contributed by atoms with Crippen LogP contribution in [0.1, 0.15) is 136 Å². The van der Waals surface area contributed by atoms with Crippen LogP contribution < -0.4 is 5.11 Å². The van der Waals surface area contributed by atoms with Gasteiger partial charge >= 0.3 is 0 Å². The number of carbonyl (C=O) groups excluding carboxylic acids is 1. The van der Waals surface area contributed by atoms with Gasteiger partial charge in [0, 0.05) is 26.4 Å². The maximum absolute atomic E-state index is 12.9. The minimum Gasteiger partial charge on any atom is -0.829 e. The summed E-state index contributed by atoms with van der Waals surface area (Å²) in [5, 5.41) is 43.5. The van der Waals surface area contributed by atoms with Crippen molar-refractivity contribution >= 4 is 5.91 Å². The lowest BCUT2D eigenvalue weighted by atomic mass is 9.94. The van der Waals surface area contributed by atoms with Crippen LogP contribution in [0.3, 0.4) is 0 Å². The van der Waals surface area contributed by atoms with E-state index in [4.69, 9.17) is 14.2 Å². The van der Waals surface area contributed by atoms with E-state index in [-0.39, 0.29) is 13.2 Å². The van der Waals surface area contributed by atoms with E-state index in [2.05, 4.69) is 13.8 Å². The van der Waals surface area contributed by atoms with Crippen LogP contribution in [0.25, 0.3) is 0 Å². The third-order valence-electron chi connectivity index (χ3n) is 8.33. The van der Waals surface area contributed by atoms with Gasteiger partial charge in [0.1, 0.15) is 18.3 Å². The molecule has 0 saturated carbocycles. The zero-order valence-corrected chi connectivity index (χ0v) is 27.1. The molecule has 1 fully saturated rings. The minimum absolute atomic E-state index is 0.157. The topological polar surface area (TPSA) is 132 Å². The molecule has 0 spiro atoms. The molecule has 0 aromatic rings. The fourth-order valence-corrected chi connectivity index (χ4v) is 5.75. The molecule has 1 heterocycles. The van der Waals surface area contributed by atoms with Crippen molar-refractivity contribution in [1.29, 1.82) is 0 Å². The first kappa shape index (κ1) is 39.2. The Morgan fingerprint density at radius 1 is 0.738 bits per heavy atom. The molecule has 5 atom stereocenters. The van der Waals surface area contributed by atoms with Crippen molar-refractivity contribution in [3.05, 3.63) is 0 Å². The van der Waals surface area contributed by atoms with Crippen molar-refractivity contribution in [2.24, 2.45) is 0 Å². The van der Waals surface area contributed by atoms with Crippen molar-refractivity contribution in [3.8, 4) is 0 Å². The Labute approximate surface area is 256 Å². The lowest BCUT2D eigenvalue weighted by molar-refractivity contribution is -0.526. The van der Waals surface area contributed by atoms with Crippen molar-refractivity contribution in [2.75, 3.05) is 33.0 Å². The van der Waals surface area contributed by atoms with E-state index in [0.717, 1.165) is 25.7 Å². The second-order valence-electron chi connectivity index (χ2n) is 12.1. The molecule has 0 aromatic heterocycles. The van der Waals surface area contributed by atoms with E-state index in [1.54, 1.807) is 0 Å². The van der Waals surface area contributed by atoms with Crippen LogP contribution in [0.5, 0.6) is 0 Å². The van der Waals surface area contributed by atoms with Gasteiger partial charge in [0.2, 0.25) is 5.91 Å². The highest BCUT2D eigenvalue weighted by Gasteiger charge is 2.45. The highest BCUT2D eigenvalue weighted by Crippen LogP contribution is 2.25. The number of aliphatic hydroxyl groups excluding tert-OH is 3. The van der Waals surface area contributed by atoms with Crippen LogP contribution >= 0.6 is 0 Å². The van der Waals surface area contributed by atoms with E-state index >= 15 is 0 Å². The van der Waals surface area contributed by atoms with E-state index in [1.807, 2.05) is 0 Å². The molecule has 9 nitrogen and oxygen atoms in total. The number of aliphatic hydroxyl groups is 3. The summed E-state index contributed by atoms with van der Waals surface area (Å²) in [6.45, 7) is 6.57. The van der Waals surface area contributed by atoms with Gasteiger partial charge in [-0.3, -0.25) is 4.79 Å². The summed E-state index contributed by atoms with van der Waals surface area (Å²) < 4.78 is 17.2. The number of ether oxygens (including phenoxy) is 3. The van der Waals surface area contributed by atoms with Crippen molar-refractivity contribution in [3.63, 3.8) is 0 Å². The van der Waals surface area contributed by atoms with Crippen LogP contribution in [0, 0.1) is 0 Å². The maximum Gasteiger partial charge on any atom is 0.220 e. The molecule has 0 bridgehead atoms. The molecule has 0 aromatic carbocycles. The second kappa shape index (κ2) is 25.5. The Morgan fingerprint density at radius 2 is 1.14 bits per heavy atom.